The minimum Gasteiger partial charge on any atom is -0.387 e. The van der Waals surface area contributed by atoms with Crippen LogP contribution in [0.4, 0.5) is 18.9 Å². The molecule has 1 amide bonds. The molecular formula is C17H17F3N4OS. The molecule has 138 valence electrons. The number of nitrogens with one attached hydrogen (secondary N) is 1. The van der Waals surface area contributed by atoms with Gasteiger partial charge in [-0.25, -0.2) is 18.2 Å². The lowest BCUT2D eigenvalue weighted by Gasteiger charge is -2.32. The van der Waals surface area contributed by atoms with Crippen molar-refractivity contribution in [3.8, 4) is 0 Å². The summed E-state index contributed by atoms with van der Waals surface area (Å²) in [6.07, 6.45) is -0.512. The lowest BCUT2D eigenvalue weighted by Crippen LogP contribution is -2.39. The number of aliphatic imine (C=N–C) groups is 1. The number of nitrogens with two attached hydrogens (primary N) is 1. The van der Waals surface area contributed by atoms with Gasteiger partial charge in [0.05, 0.1) is 5.84 Å². The van der Waals surface area contributed by atoms with Crippen molar-refractivity contribution in [2.75, 3.05) is 5.32 Å². The van der Waals surface area contributed by atoms with E-state index in [9.17, 15) is 18.0 Å². The number of hydrogen-bond donors (Lipinski definition) is 2. The molecule has 3 rings (SSSR count). The molecule has 5 nitrogen and oxygen atoms in total. The van der Waals surface area contributed by atoms with Crippen LogP contribution in [0.3, 0.4) is 0 Å². The standard InChI is InChI=1S/C17H17F3N4OS/c1-8-6-17(19,20)13(24-14(8)21)11-5-10(3-4-12(11)18)23-15(25)16-22-9(2)7-26-16/h3-5,7-8,13H,6H2,1-2H3,(H2,21,24)(H,23,25). The van der Waals surface area contributed by atoms with Gasteiger partial charge in [0.1, 0.15) is 11.9 Å². The first-order valence-corrected chi connectivity index (χ1v) is 8.79. The Labute approximate surface area is 152 Å². The van der Waals surface area contributed by atoms with Crippen molar-refractivity contribution in [1.82, 2.24) is 4.98 Å². The van der Waals surface area contributed by atoms with E-state index in [0.717, 1.165) is 17.4 Å². The van der Waals surface area contributed by atoms with Crippen molar-refractivity contribution in [2.45, 2.75) is 32.2 Å². The Bertz CT molecular complexity index is 881. The summed E-state index contributed by atoms with van der Waals surface area (Å²) >= 11 is 1.16. The van der Waals surface area contributed by atoms with Gasteiger partial charge in [0.25, 0.3) is 11.8 Å². The van der Waals surface area contributed by atoms with Crippen molar-refractivity contribution >= 4 is 28.8 Å². The third-order valence-electron chi connectivity index (χ3n) is 4.12. The molecule has 1 aliphatic rings. The Kier molecular flexibility index (Phi) is 4.74. The largest absolute Gasteiger partial charge is 0.387 e. The van der Waals surface area contributed by atoms with Gasteiger partial charge in [-0.3, -0.25) is 9.79 Å². The van der Waals surface area contributed by atoms with Crippen LogP contribution < -0.4 is 11.1 Å². The maximum Gasteiger partial charge on any atom is 0.284 e. The summed E-state index contributed by atoms with van der Waals surface area (Å²) in [7, 11) is 0. The number of aryl methyl sites for hydroxylation is 1. The fourth-order valence-electron chi connectivity index (χ4n) is 2.77. The van der Waals surface area contributed by atoms with E-state index in [1.165, 1.54) is 12.1 Å². The molecule has 1 aliphatic heterocycles. The number of carbonyl (C=O) groups excluding carboxylic acids is 1. The molecule has 0 bridgehead atoms. The summed E-state index contributed by atoms with van der Waals surface area (Å²) < 4.78 is 43.0. The fraction of sp³-hybridized carbons (Fsp3) is 0.353. The highest BCUT2D eigenvalue weighted by Gasteiger charge is 2.46. The second kappa shape index (κ2) is 6.71. The zero-order valence-electron chi connectivity index (χ0n) is 14.1. The van der Waals surface area contributed by atoms with Gasteiger partial charge < -0.3 is 11.1 Å². The summed E-state index contributed by atoms with van der Waals surface area (Å²) in [4.78, 5) is 20.0. The van der Waals surface area contributed by atoms with Gasteiger partial charge in [0, 0.05) is 34.7 Å². The predicted octanol–water partition coefficient (Wildman–Crippen LogP) is 3.92. The molecule has 1 aromatic heterocycles. The summed E-state index contributed by atoms with van der Waals surface area (Å²) in [5.41, 5.74) is 6.26. The highest BCUT2D eigenvalue weighted by Crippen LogP contribution is 2.44. The van der Waals surface area contributed by atoms with Gasteiger partial charge in [-0.2, -0.15) is 0 Å². The SMILES string of the molecule is Cc1csc(C(=O)Nc2ccc(F)c(C3N=C(N)C(C)CC3(F)F)c2)n1. The molecule has 0 aliphatic carbocycles. The zero-order valence-corrected chi connectivity index (χ0v) is 14.9. The highest BCUT2D eigenvalue weighted by atomic mass is 32.1. The quantitative estimate of drug-likeness (QED) is 0.844. The number of nitrogens with zero attached hydrogens (tertiary/aromatic N) is 2. The van der Waals surface area contributed by atoms with Crippen molar-refractivity contribution in [1.29, 1.82) is 0 Å². The molecule has 2 unspecified atom stereocenters. The third-order valence-corrected chi connectivity index (χ3v) is 5.08. The van der Waals surface area contributed by atoms with E-state index in [1.807, 2.05) is 0 Å². The Balaban J connectivity index is 1.92. The van der Waals surface area contributed by atoms with Crippen LogP contribution in [0.2, 0.25) is 0 Å². The van der Waals surface area contributed by atoms with E-state index < -0.39 is 36.0 Å². The average molecular weight is 382 g/mol. The number of anilines is 1. The van der Waals surface area contributed by atoms with Gasteiger partial charge in [-0.1, -0.05) is 6.92 Å². The van der Waals surface area contributed by atoms with E-state index >= 15 is 0 Å². The topological polar surface area (TPSA) is 80.4 Å². The first-order valence-electron chi connectivity index (χ1n) is 7.91. The van der Waals surface area contributed by atoms with Crippen LogP contribution in [-0.4, -0.2) is 22.6 Å². The number of alkyl halides is 2. The predicted molar refractivity (Wildman–Crippen MR) is 94.3 cm³/mol. The minimum atomic E-state index is -3.24. The van der Waals surface area contributed by atoms with E-state index in [-0.39, 0.29) is 22.1 Å². The third kappa shape index (κ3) is 3.57. The van der Waals surface area contributed by atoms with Gasteiger partial charge in [-0.15, -0.1) is 11.3 Å². The normalized spacial score (nSPS) is 22.0. The van der Waals surface area contributed by atoms with Crippen molar-refractivity contribution in [2.24, 2.45) is 16.6 Å². The number of rotatable bonds is 3. The van der Waals surface area contributed by atoms with Gasteiger partial charge in [0.2, 0.25) is 0 Å². The fourth-order valence-corrected chi connectivity index (χ4v) is 3.46. The summed E-state index contributed by atoms with van der Waals surface area (Å²) in [6.45, 7) is 3.30. The summed E-state index contributed by atoms with van der Waals surface area (Å²) in [5, 5.41) is 4.49. The van der Waals surface area contributed by atoms with Crippen LogP contribution in [-0.2, 0) is 0 Å². The highest BCUT2D eigenvalue weighted by molar-refractivity contribution is 7.11. The molecule has 3 N–H and O–H groups in total. The number of carbonyl (C=O) groups is 1. The lowest BCUT2D eigenvalue weighted by molar-refractivity contribution is -0.0462. The molecule has 0 fully saturated rings. The van der Waals surface area contributed by atoms with Crippen LogP contribution in [0.25, 0.3) is 0 Å². The Morgan fingerprint density at radius 3 is 2.81 bits per heavy atom. The number of amides is 1. The van der Waals surface area contributed by atoms with Gasteiger partial charge >= 0.3 is 0 Å². The zero-order chi connectivity index (χ0) is 19.1. The van der Waals surface area contributed by atoms with E-state index in [1.54, 1.807) is 19.2 Å². The van der Waals surface area contributed by atoms with Crippen LogP contribution >= 0.6 is 11.3 Å². The van der Waals surface area contributed by atoms with Crippen molar-refractivity contribution < 1.29 is 18.0 Å². The monoisotopic (exact) mass is 382 g/mol. The molecule has 2 atom stereocenters. The average Bonchev–Trinajstić information content (AvgIpc) is 2.99. The second-order valence-corrected chi connectivity index (χ2v) is 7.17. The Hall–Kier alpha value is -2.42. The number of amidine groups is 1. The summed E-state index contributed by atoms with van der Waals surface area (Å²) in [5.74, 6) is -5.08. The lowest BCUT2D eigenvalue weighted by atomic mass is 9.89. The molecule has 2 heterocycles. The first kappa shape index (κ1) is 18.4. The number of benzene rings is 1. The van der Waals surface area contributed by atoms with E-state index in [2.05, 4.69) is 15.3 Å². The molecule has 26 heavy (non-hydrogen) atoms. The number of thiazole rings is 1. The molecule has 0 spiro atoms. The minimum absolute atomic E-state index is 0.0630. The van der Waals surface area contributed by atoms with Crippen LogP contribution in [0.15, 0.2) is 28.6 Å². The summed E-state index contributed by atoms with van der Waals surface area (Å²) in [6, 6.07) is 1.77. The van der Waals surface area contributed by atoms with Crippen LogP contribution in [0, 0.1) is 18.7 Å². The number of aromatic nitrogens is 1. The second-order valence-electron chi connectivity index (χ2n) is 6.31. The molecular weight excluding hydrogens is 365 g/mol. The smallest absolute Gasteiger partial charge is 0.284 e. The number of halogens is 3. The van der Waals surface area contributed by atoms with Gasteiger partial charge in [-0.05, 0) is 25.1 Å². The maximum atomic E-state index is 14.4. The Morgan fingerprint density at radius 1 is 1.42 bits per heavy atom. The molecule has 1 aromatic carbocycles. The molecule has 2 aromatic rings. The number of hydrogen-bond acceptors (Lipinski definition) is 5. The van der Waals surface area contributed by atoms with E-state index in [0.29, 0.717) is 5.69 Å². The molecule has 0 radical (unpaired) electrons. The van der Waals surface area contributed by atoms with Crippen LogP contribution in [0.1, 0.15) is 40.4 Å². The van der Waals surface area contributed by atoms with Crippen LogP contribution in [0.5, 0.6) is 0 Å². The molecule has 9 heteroatoms. The van der Waals surface area contributed by atoms with Gasteiger partial charge in [0.15, 0.2) is 5.01 Å². The molecule has 0 saturated carbocycles. The molecule has 0 saturated heterocycles. The van der Waals surface area contributed by atoms with E-state index in [4.69, 9.17) is 5.73 Å². The first-order chi connectivity index (χ1) is 12.2. The maximum absolute atomic E-state index is 14.4. The Morgan fingerprint density at radius 2 is 2.15 bits per heavy atom. The van der Waals surface area contributed by atoms with Crippen molar-refractivity contribution in [3.05, 3.63) is 45.7 Å². The van der Waals surface area contributed by atoms with Crippen molar-refractivity contribution in [3.63, 3.8) is 0 Å².